The lowest BCUT2D eigenvalue weighted by Gasteiger charge is -2.07. The molecule has 3 aromatic rings. The Hall–Kier alpha value is -2.16. The fraction of sp³-hybridized carbons (Fsp3) is 0.267. The number of aromatic carboxylic acids is 1. The molecular weight excluding hydrogens is 354 g/mol. The maximum absolute atomic E-state index is 11.4. The van der Waals surface area contributed by atoms with Crippen LogP contribution in [0.5, 0.6) is 0 Å². The molecule has 0 aromatic carbocycles. The number of hydrogen-bond acceptors (Lipinski definition) is 6. The van der Waals surface area contributed by atoms with E-state index in [2.05, 4.69) is 10.1 Å². The molecule has 0 fully saturated rings. The smallest absolute Gasteiger partial charge is 0.354 e. The van der Waals surface area contributed by atoms with E-state index >= 15 is 0 Å². The van der Waals surface area contributed by atoms with E-state index in [0.717, 1.165) is 4.88 Å². The van der Waals surface area contributed by atoms with Crippen LogP contribution in [0.15, 0.2) is 28.9 Å². The molecule has 3 rings (SSSR count). The molecule has 0 aliphatic rings. The van der Waals surface area contributed by atoms with Crippen LogP contribution in [0, 0.1) is 0 Å². The molecule has 0 unspecified atom stereocenters. The van der Waals surface area contributed by atoms with Gasteiger partial charge in [0.2, 0.25) is 0 Å². The summed E-state index contributed by atoms with van der Waals surface area (Å²) in [5, 5.41) is 13.3. The van der Waals surface area contributed by atoms with Gasteiger partial charge in [0.25, 0.3) is 0 Å². The van der Waals surface area contributed by atoms with Crippen LogP contribution in [0.25, 0.3) is 10.6 Å². The lowest BCUT2D eigenvalue weighted by atomic mass is 10.3. The number of carboxylic acids is 1. The third kappa shape index (κ3) is 3.50. The molecule has 0 atom stereocenters. The molecule has 3 aromatic heterocycles. The number of carboxylic acid groups (broad SMARTS) is 1. The van der Waals surface area contributed by atoms with E-state index in [0.29, 0.717) is 34.6 Å². The summed E-state index contributed by atoms with van der Waals surface area (Å²) in [4.78, 5) is 16.4. The van der Waals surface area contributed by atoms with Crippen molar-refractivity contribution in [2.45, 2.75) is 13.0 Å². The van der Waals surface area contributed by atoms with E-state index in [1.165, 1.54) is 17.5 Å². The van der Waals surface area contributed by atoms with Gasteiger partial charge in [-0.25, -0.2) is 9.78 Å². The zero-order valence-electron chi connectivity index (χ0n) is 12.7. The number of thiophene rings is 1. The van der Waals surface area contributed by atoms with Crippen molar-refractivity contribution < 1.29 is 19.2 Å². The van der Waals surface area contributed by atoms with E-state index in [1.54, 1.807) is 23.8 Å². The van der Waals surface area contributed by atoms with Gasteiger partial charge in [0, 0.05) is 19.6 Å². The number of halogens is 1. The molecular formula is C15H14ClN3O4S. The van der Waals surface area contributed by atoms with Crippen LogP contribution < -0.4 is 0 Å². The maximum Gasteiger partial charge on any atom is 0.354 e. The number of ether oxygens (including phenoxy) is 1. The average molecular weight is 368 g/mol. The highest BCUT2D eigenvalue weighted by atomic mass is 35.5. The molecule has 0 amide bonds. The third-order valence-electron chi connectivity index (χ3n) is 3.38. The highest BCUT2D eigenvalue weighted by molar-refractivity contribution is 7.19. The highest BCUT2D eigenvalue weighted by Gasteiger charge is 2.18. The summed E-state index contributed by atoms with van der Waals surface area (Å²) in [6.45, 7) is 0.705. The Bertz CT molecular complexity index is 855. The van der Waals surface area contributed by atoms with Crippen molar-refractivity contribution in [3.05, 3.63) is 45.9 Å². The van der Waals surface area contributed by atoms with Crippen molar-refractivity contribution in [1.29, 1.82) is 0 Å². The number of carbonyl (C=O) groups is 1. The highest BCUT2D eigenvalue weighted by Crippen LogP contribution is 2.31. The Morgan fingerprint density at radius 2 is 2.33 bits per heavy atom. The fourth-order valence-corrected chi connectivity index (χ4v) is 3.26. The van der Waals surface area contributed by atoms with Crippen molar-refractivity contribution >= 4 is 28.9 Å². The van der Waals surface area contributed by atoms with Crippen LogP contribution in [0.2, 0.25) is 4.34 Å². The van der Waals surface area contributed by atoms with Gasteiger partial charge in [0.1, 0.15) is 17.2 Å². The van der Waals surface area contributed by atoms with Crippen molar-refractivity contribution in [3.63, 3.8) is 0 Å². The van der Waals surface area contributed by atoms with Crippen molar-refractivity contribution in [2.24, 2.45) is 0 Å². The molecule has 0 spiro atoms. The number of imidazole rings is 1. The van der Waals surface area contributed by atoms with Gasteiger partial charge < -0.3 is 18.9 Å². The Labute approximate surface area is 146 Å². The van der Waals surface area contributed by atoms with Crippen LogP contribution in [0.4, 0.5) is 0 Å². The summed E-state index contributed by atoms with van der Waals surface area (Å²) < 4.78 is 12.6. The summed E-state index contributed by atoms with van der Waals surface area (Å²) >= 11 is 7.31. The predicted molar refractivity (Wildman–Crippen MR) is 88.7 cm³/mol. The standard InChI is InChI=1S/C15H14ClN3O4S/c1-22-5-4-14-17-7-10(15(20)21)19(14)8-9-6-11(23-18-9)12-2-3-13(16)24-12/h2-3,6-7H,4-5,8H2,1H3,(H,20,21). The van der Waals surface area contributed by atoms with Crippen molar-refractivity contribution in [2.75, 3.05) is 13.7 Å². The second-order valence-electron chi connectivity index (χ2n) is 4.98. The molecule has 0 radical (unpaired) electrons. The van der Waals surface area contributed by atoms with Gasteiger partial charge in [-0.2, -0.15) is 0 Å². The number of methoxy groups -OCH3 is 1. The minimum absolute atomic E-state index is 0.102. The molecule has 9 heteroatoms. The minimum atomic E-state index is -1.04. The first-order chi connectivity index (χ1) is 11.6. The predicted octanol–water partition coefficient (Wildman–Crippen LogP) is 3.19. The molecule has 24 heavy (non-hydrogen) atoms. The van der Waals surface area contributed by atoms with Gasteiger partial charge in [0.15, 0.2) is 5.76 Å². The van der Waals surface area contributed by atoms with E-state index in [4.69, 9.17) is 20.9 Å². The lowest BCUT2D eigenvalue weighted by Crippen LogP contribution is -2.14. The maximum atomic E-state index is 11.4. The molecule has 1 N–H and O–H groups in total. The van der Waals surface area contributed by atoms with Crippen LogP contribution in [0.3, 0.4) is 0 Å². The summed E-state index contributed by atoms with van der Waals surface area (Å²) in [6, 6.07) is 5.40. The van der Waals surface area contributed by atoms with Gasteiger partial charge in [-0.1, -0.05) is 16.8 Å². The first-order valence-electron chi connectivity index (χ1n) is 7.06. The Kier molecular flexibility index (Phi) is 4.98. The SMILES string of the molecule is COCCc1ncc(C(=O)O)n1Cc1cc(-c2ccc(Cl)s2)on1. The Morgan fingerprint density at radius 3 is 3.00 bits per heavy atom. The summed E-state index contributed by atoms with van der Waals surface area (Å²) in [5.41, 5.74) is 0.707. The summed E-state index contributed by atoms with van der Waals surface area (Å²) in [5.74, 6) is 0.176. The first kappa shape index (κ1) is 16.7. The number of aromatic nitrogens is 3. The first-order valence-corrected chi connectivity index (χ1v) is 8.26. The van der Waals surface area contributed by atoms with Crippen LogP contribution in [-0.4, -0.2) is 39.5 Å². The zero-order chi connectivity index (χ0) is 17.1. The van der Waals surface area contributed by atoms with Gasteiger partial charge in [0.05, 0.1) is 28.6 Å². The van der Waals surface area contributed by atoms with E-state index in [1.807, 2.05) is 6.07 Å². The zero-order valence-corrected chi connectivity index (χ0v) is 14.3. The molecule has 0 aliphatic carbocycles. The van der Waals surface area contributed by atoms with Gasteiger partial charge in [-0.05, 0) is 12.1 Å². The van der Waals surface area contributed by atoms with Crippen molar-refractivity contribution in [1.82, 2.24) is 14.7 Å². The van der Waals surface area contributed by atoms with Crippen LogP contribution in [-0.2, 0) is 17.7 Å². The number of hydrogen-bond donors (Lipinski definition) is 1. The molecule has 0 bridgehead atoms. The van der Waals surface area contributed by atoms with Gasteiger partial charge in [-0.3, -0.25) is 0 Å². The largest absolute Gasteiger partial charge is 0.477 e. The second kappa shape index (κ2) is 7.16. The topological polar surface area (TPSA) is 90.4 Å². The van der Waals surface area contributed by atoms with E-state index < -0.39 is 5.97 Å². The van der Waals surface area contributed by atoms with Crippen molar-refractivity contribution in [3.8, 4) is 10.6 Å². The van der Waals surface area contributed by atoms with Crippen LogP contribution in [0.1, 0.15) is 22.0 Å². The average Bonchev–Trinajstić information content (AvgIpc) is 3.25. The lowest BCUT2D eigenvalue weighted by molar-refractivity contribution is 0.0685. The number of rotatable bonds is 7. The normalized spacial score (nSPS) is 11.1. The minimum Gasteiger partial charge on any atom is -0.477 e. The summed E-state index contributed by atoms with van der Waals surface area (Å²) in [6.07, 6.45) is 1.85. The molecule has 126 valence electrons. The quantitative estimate of drug-likeness (QED) is 0.689. The van der Waals surface area contributed by atoms with E-state index in [-0.39, 0.29) is 12.2 Å². The third-order valence-corrected chi connectivity index (χ3v) is 4.63. The fourth-order valence-electron chi connectivity index (χ4n) is 2.27. The molecule has 0 aliphatic heterocycles. The van der Waals surface area contributed by atoms with Crippen LogP contribution >= 0.6 is 22.9 Å². The molecule has 0 saturated heterocycles. The van der Waals surface area contributed by atoms with Gasteiger partial charge >= 0.3 is 5.97 Å². The van der Waals surface area contributed by atoms with E-state index in [9.17, 15) is 9.90 Å². The Morgan fingerprint density at radius 1 is 1.50 bits per heavy atom. The molecule has 3 heterocycles. The molecule has 7 nitrogen and oxygen atoms in total. The van der Waals surface area contributed by atoms with Gasteiger partial charge in [-0.15, -0.1) is 11.3 Å². The summed E-state index contributed by atoms with van der Waals surface area (Å²) in [7, 11) is 1.58. The second-order valence-corrected chi connectivity index (χ2v) is 6.70. The monoisotopic (exact) mass is 367 g/mol. The molecule has 0 saturated carbocycles. The number of nitrogens with zero attached hydrogens (tertiary/aromatic N) is 3. The Balaban J connectivity index is 1.86.